The van der Waals surface area contributed by atoms with Gasteiger partial charge in [-0.25, -0.2) is 4.79 Å². The first-order valence-electron chi connectivity index (χ1n) is 15.2. The minimum atomic E-state index is -3.66. The van der Waals surface area contributed by atoms with Crippen LogP contribution >= 0.6 is 0 Å². The quantitative estimate of drug-likeness (QED) is 0.345. The van der Waals surface area contributed by atoms with Crippen LogP contribution in [0.2, 0.25) is 0 Å². The summed E-state index contributed by atoms with van der Waals surface area (Å²) in [5.74, 6) is -0.295. The van der Waals surface area contributed by atoms with E-state index in [0.717, 1.165) is 38.4 Å². The number of amides is 3. The highest BCUT2D eigenvalue weighted by atomic mass is 32.2. The van der Waals surface area contributed by atoms with Gasteiger partial charge in [0.25, 0.3) is 11.8 Å². The van der Waals surface area contributed by atoms with Crippen LogP contribution in [0.1, 0.15) is 67.2 Å². The molecular weight excluding hydrogens is 652 g/mol. The van der Waals surface area contributed by atoms with E-state index in [9.17, 15) is 31.2 Å². The summed E-state index contributed by atoms with van der Waals surface area (Å²) in [6.45, 7) is 8.23. The van der Waals surface area contributed by atoms with Crippen LogP contribution in [-0.2, 0) is 25.0 Å². The van der Waals surface area contributed by atoms with Crippen molar-refractivity contribution in [3.8, 4) is 11.5 Å². The van der Waals surface area contributed by atoms with Crippen LogP contribution < -0.4 is 24.3 Å². The average Bonchev–Trinajstić information content (AvgIpc) is 2.96. The zero-order chi connectivity index (χ0) is 34.8. The summed E-state index contributed by atoms with van der Waals surface area (Å²) in [6.07, 6.45) is 4.58. The van der Waals surface area contributed by atoms with E-state index < -0.39 is 25.8 Å². The zero-order valence-corrected chi connectivity index (χ0v) is 28.9. The molecule has 4 rings (SSSR count). The number of nitrogens with one attached hydrogen (secondary N) is 3. The average molecular weight is 697 g/mol. The number of carbonyl (C=O) groups is 3. The van der Waals surface area contributed by atoms with Gasteiger partial charge in [-0.15, -0.1) is 0 Å². The number of benzene rings is 2. The normalized spacial score (nSPS) is 16.2. The van der Waals surface area contributed by atoms with Gasteiger partial charge in [0.05, 0.1) is 12.5 Å². The molecule has 3 N–H and O–H groups in total. The van der Waals surface area contributed by atoms with E-state index in [1.807, 2.05) is 20.8 Å². The van der Waals surface area contributed by atoms with Gasteiger partial charge in [0, 0.05) is 36.3 Å². The summed E-state index contributed by atoms with van der Waals surface area (Å²) in [4.78, 5) is 38.2. The number of nitrogens with zero attached hydrogens (tertiary/aromatic N) is 1. The molecule has 0 aromatic heterocycles. The fourth-order valence-electron chi connectivity index (χ4n) is 4.76. The molecule has 14 nitrogen and oxygen atoms in total. The molecule has 2 saturated heterocycles. The summed E-state index contributed by atoms with van der Waals surface area (Å²) >= 11 is 0. The SMILES string of the molecule is CC(C)(C)OC(=O)N1CCC(NC(=O)c2cccc(OS(C)(=O)=O)c2)CC1.CS(=O)(=O)Oc1cccc(C(=O)NC2CCNCC2)c1. The smallest absolute Gasteiger partial charge is 0.410 e. The van der Waals surface area contributed by atoms with Crippen molar-refractivity contribution in [3.63, 3.8) is 0 Å². The minimum absolute atomic E-state index is 0.0735. The predicted octanol–water partition coefficient (Wildman–Crippen LogP) is 2.66. The number of rotatable bonds is 8. The molecule has 0 atom stereocenters. The van der Waals surface area contributed by atoms with Crippen LogP contribution in [0.5, 0.6) is 11.5 Å². The number of hydrogen-bond acceptors (Lipinski definition) is 11. The van der Waals surface area contributed by atoms with Gasteiger partial charge >= 0.3 is 26.3 Å². The summed E-state index contributed by atoms with van der Waals surface area (Å²) in [5.41, 5.74) is 0.164. The molecule has 2 aromatic rings. The highest BCUT2D eigenvalue weighted by Crippen LogP contribution is 2.19. The highest BCUT2D eigenvalue weighted by molar-refractivity contribution is 7.86. The van der Waals surface area contributed by atoms with E-state index in [1.165, 1.54) is 24.3 Å². The van der Waals surface area contributed by atoms with Gasteiger partial charge in [0.15, 0.2) is 0 Å². The molecule has 2 aromatic carbocycles. The van der Waals surface area contributed by atoms with E-state index in [2.05, 4.69) is 16.0 Å². The van der Waals surface area contributed by atoms with Crippen LogP contribution in [0, 0.1) is 0 Å². The molecule has 2 aliphatic heterocycles. The summed E-state index contributed by atoms with van der Waals surface area (Å²) in [5, 5.41) is 9.08. The molecule has 3 amide bonds. The lowest BCUT2D eigenvalue weighted by Crippen LogP contribution is -2.47. The van der Waals surface area contributed by atoms with Crippen molar-refractivity contribution in [1.29, 1.82) is 0 Å². The summed E-state index contributed by atoms with van der Waals surface area (Å²) in [6, 6.07) is 12.2. The molecule has 2 heterocycles. The van der Waals surface area contributed by atoms with E-state index in [0.29, 0.717) is 37.1 Å². The van der Waals surface area contributed by atoms with Crippen LogP contribution in [0.3, 0.4) is 0 Å². The standard InChI is InChI=1S/C18H26N2O6S.C13H18N2O4S/c1-18(2,3)25-17(22)20-10-8-14(9-11-20)19-16(21)13-6-5-7-15(12-13)26-27(4,23)24;1-20(17,18)19-12-4-2-3-10(9-12)13(16)15-11-5-7-14-8-6-11/h5-7,12,14H,8-11H2,1-4H3,(H,19,21);2-4,9,11,14H,5-8H2,1H3,(H,15,16). The van der Waals surface area contributed by atoms with Crippen molar-refractivity contribution in [2.24, 2.45) is 0 Å². The summed E-state index contributed by atoms with van der Waals surface area (Å²) < 4.78 is 59.5. The van der Waals surface area contributed by atoms with E-state index >= 15 is 0 Å². The first kappa shape index (κ1) is 37.6. The molecule has 2 aliphatic rings. The Morgan fingerprint density at radius 2 is 1.17 bits per heavy atom. The second kappa shape index (κ2) is 16.3. The van der Waals surface area contributed by atoms with Gasteiger partial charge in [-0.05, 0) is 95.9 Å². The number of hydrogen-bond donors (Lipinski definition) is 3. The predicted molar refractivity (Wildman–Crippen MR) is 175 cm³/mol. The van der Waals surface area contributed by atoms with Crippen molar-refractivity contribution in [1.82, 2.24) is 20.9 Å². The monoisotopic (exact) mass is 696 g/mol. The van der Waals surface area contributed by atoms with Gasteiger partial charge in [0.2, 0.25) is 0 Å². The maximum absolute atomic E-state index is 12.4. The molecule has 0 saturated carbocycles. The number of likely N-dealkylation sites (tertiary alicyclic amines) is 1. The second-order valence-electron chi connectivity index (χ2n) is 12.3. The lowest BCUT2D eigenvalue weighted by atomic mass is 10.0. The van der Waals surface area contributed by atoms with Gasteiger partial charge in [-0.2, -0.15) is 16.8 Å². The molecule has 0 unspecified atom stereocenters. The first-order chi connectivity index (χ1) is 21.9. The molecular formula is C31H44N4O10S2. The Labute approximate surface area is 276 Å². The first-order valence-corrected chi connectivity index (χ1v) is 18.8. The van der Waals surface area contributed by atoms with Gasteiger partial charge < -0.3 is 34.0 Å². The summed E-state index contributed by atoms with van der Waals surface area (Å²) in [7, 11) is -7.24. The lowest BCUT2D eigenvalue weighted by molar-refractivity contribution is 0.0199. The van der Waals surface area contributed by atoms with Crippen molar-refractivity contribution < 1.29 is 44.3 Å². The molecule has 0 aliphatic carbocycles. The Morgan fingerprint density at radius 1 is 0.745 bits per heavy atom. The Kier molecular flexibility index (Phi) is 13.0. The topological polar surface area (TPSA) is 187 Å². The zero-order valence-electron chi connectivity index (χ0n) is 27.3. The van der Waals surface area contributed by atoms with Crippen molar-refractivity contribution in [2.75, 3.05) is 38.7 Å². The molecule has 16 heteroatoms. The second-order valence-corrected chi connectivity index (χ2v) is 15.5. The Hall–Kier alpha value is -3.89. The molecule has 47 heavy (non-hydrogen) atoms. The van der Waals surface area contributed by atoms with Gasteiger partial charge in [-0.3, -0.25) is 9.59 Å². The number of ether oxygens (including phenoxy) is 1. The highest BCUT2D eigenvalue weighted by Gasteiger charge is 2.28. The Morgan fingerprint density at radius 3 is 1.57 bits per heavy atom. The Bertz CT molecular complexity index is 1610. The number of carbonyl (C=O) groups excluding carboxylic acids is 3. The Balaban J connectivity index is 0.000000267. The molecule has 0 bridgehead atoms. The molecule has 0 radical (unpaired) electrons. The van der Waals surface area contributed by atoms with Crippen LogP contribution in [-0.4, -0.2) is 96.0 Å². The van der Waals surface area contributed by atoms with Crippen molar-refractivity contribution >= 4 is 38.1 Å². The van der Waals surface area contributed by atoms with E-state index in [-0.39, 0.29) is 41.5 Å². The van der Waals surface area contributed by atoms with Crippen molar-refractivity contribution in [2.45, 2.75) is 64.1 Å². The third-order valence-electron chi connectivity index (χ3n) is 6.84. The van der Waals surface area contributed by atoms with Crippen molar-refractivity contribution in [3.05, 3.63) is 59.7 Å². The fraction of sp³-hybridized carbons (Fsp3) is 0.516. The lowest BCUT2D eigenvalue weighted by Gasteiger charge is -2.33. The van der Waals surface area contributed by atoms with Crippen LogP contribution in [0.25, 0.3) is 0 Å². The molecule has 260 valence electrons. The van der Waals surface area contributed by atoms with Crippen LogP contribution in [0.15, 0.2) is 48.5 Å². The maximum Gasteiger partial charge on any atom is 0.410 e. The van der Waals surface area contributed by atoms with Gasteiger partial charge in [-0.1, -0.05) is 12.1 Å². The largest absolute Gasteiger partial charge is 0.444 e. The third kappa shape index (κ3) is 14.2. The fourth-order valence-corrected chi connectivity index (χ4v) is 5.67. The van der Waals surface area contributed by atoms with E-state index in [1.54, 1.807) is 29.2 Å². The van der Waals surface area contributed by atoms with E-state index in [4.69, 9.17) is 13.1 Å². The molecule has 0 spiro atoms. The van der Waals surface area contributed by atoms with Gasteiger partial charge in [0.1, 0.15) is 17.1 Å². The van der Waals surface area contributed by atoms with Crippen LogP contribution in [0.4, 0.5) is 4.79 Å². The maximum atomic E-state index is 12.4. The number of piperidine rings is 2. The third-order valence-corrected chi connectivity index (χ3v) is 7.83. The molecule has 2 fully saturated rings. The minimum Gasteiger partial charge on any atom is -0.444 e.